The van der Waals surface area contributed by atoms with Crippen molar-refractivity contribution >= 4 is 5.69 Å². The van der Waals surface area contributed by atoms with Gasteiger partial charge in [-0.3, -0.25) is 0 Å². The summed E-state index contributed by atoms with van der Waals surface area (Å²) in [6.45, 7) is 5.02. The summed E-state index contributed by atoms with van der Waals surface area (Å²) >= 11 is 0. The van der Waals surface area contributed by atoms with Gasteiger partial charge in [-0.25, -0.2) is 4.39 Å². The first-order valence-corrected chi connectivity index (χ1v) is 6.95. The van der Waals surface area contributed by atoms with Crippen molar-refractivity contribution in [2.45, 2.75) is 51.6 Å². The van der Waals surface area contributed by atoms with Gasteiger partial charge in [-0.15, -0.1) is 0 Å². The molecule has 0 bridgehead atoms. The van der Waals surface area contributed by atoms with Crippen molar-refractivity contribution in [3.63, 3.8) is 0 Å². The first kappa shape index (κ1) is 13.3. The number of hydrogen-bond donors (Lipinski definition) is 1. The third-order valence-corrected chi connectivity index (χ3v) is 3.54. The first-order valence-electron chi connectivity index (χ1n) is 6.95. The summed E-state index contributed by atoms with van der Waals surface area (Å²) < 4.78 is 14.2. The monoisotopic (exact) mass is 250 g/mol. The molecule has 3 heteroatoms. The van der Waals surface area contributed by atoms with Gasteiger partial charge in [0.15, 0.2) is 0 Å². The summed E-state index contributed by atoms with van der Waals surface area (Å²) in [4.78, 5) is 2.23. The lowest BCUT2D eigenvalue weighted by atomic mass is 10.0. The molecule has 18 heavy (non-hydrogen) atoms. The van der Waals surface area contributed by atoms with Crippen LogP contribution >= 0.6 is 0 Å². The van der Waals surface area contributed by atoms with E-state index < -0.39 is 0 Å². The molecule has 1 aliphatic rings. The van der Waals surface area contributed by atoms with Crippen LogP contribution in [-0.2, 0) is 0 Å². The maximum absolute atomic E-state index is 14.2. The van der Waals surface area contributed by atoms with Gasteiger partial charge < -0.3 is 10.6 Å². The largest absolute Gasteiger partial charge is 0.366 e. The van der Waals surface area contributed by atoms with Crippen molar-refractivity contribution in [1.29, 1.82) is 0 Å². The predicted octanol–water partition coefficient (Wildman–Crippen LogP) is 3.61. The lowest BCUT2D eigenvalue weighted by Crippen LogP contribution is -2.29. The molecular formula is C15H23FN2. The number of unbranched alkanes of at least 4 members (excludes halogenated alkanes) is 1. The molecule has 0 unspecified atom stereocenters. The molecule has 0 aliphatic heterocycles. The van der Waals surface area contributed by atoms with Gasteiger partial charge in [0, 0.05) is 18.6 Å². The molecule has 2 nitrogen and oxygen atoms in total. The molecule has 1 atom stereocenters. The summed E-state index contributed by atoms with van der Waals surface area (Å²) in [5, 5.41) is 0. The summed E-state index contributed by atoms with van der Waals surface area (Å²) in [5.41, 5.74) is 7.65. The normalized spacial score (nSPS) is 16.7. The molecule has 0 spiro atoms. The summed E-state index contributed by atoms with van der Waals surface area (Å²) in [7, 11) is 0. The van der Waals surface area contributed by atoms with Crippen LogP contribution in [0.15, 0.2) is 18.2 Å². The van der Waals surface area contributed by atoms with Gasteiger partial charge in [-0.2, -0.15) is 0 Å². The van der Waals surface area contributed by atoms with E-state index in [0.717, 1.165) is 30.6 Å². The fourth-order valence-corrected chi connectivity index (χ4v) is 2.39. The summed E-state index contributed by atoms with van der Waals surface area (Å²) in [5.74, 6) is -0.132. The van der Waals surface area contributed by atoms with Crippen LogP contribution in [0.3, 0.4) is 0 Å². The Morgan fingerprint density at radius 2 is 2.17 bits per heavy atom. The molecule has 2 N–H and O–H groups in total. The molecule has 1 fully saturated rings. The zero-order chi connectivity index (χ0) is 13.1. The van der Waals surface area contributed by atoms with E-state index in [0.29, 0.717) is 6.04 Å². The fraction of sp³-hybridized carbons (Fsp3) is 0.600. The topological polar surface area (TPSA) is 29.3 Å². The Hall–Kier alpha value is -1.09. The van der Waals surface area contributed by atoms with Gasteiger partial charge in [0.2, 0.25) is 0 Å². The quantitative estimate of drug-likeness (QED) is 0.835. The lowest BCUT2D eigenvalue weighted by molar-refractivity contribution is 0.602. The van der Waals surface area contributed by atoms with E-state index in [1.165, 1.54) is 12.8 Å². The van der Waals surface area contributed by atoms with Gasteiger partial charge in [0.25, 0.3) is 0 Å². The second-order valence-electron chi connectivity index (χ2n) is 5.24. The molecule has 0 radical (unpaired) electrons. The molecule has 1 aromatic carbocycles. The average Bonchev–Trinajstić information content (AvgIpc) is 3.15. The molecule has 1 aromatic rings. The van der Waals surface area contributed by atoms with Crippen molar-refractivity contribution in [3.05, 3.63) is 29.6 Å². The SMILES string of the molecule is CCCCN(c1c(F)cccc1[C@H](C)N)C1CC1. The average molecular weight is 250 g/mol. The Labute approximate surface area is 109 Å². The van der Waals surface area contributed by atoms with Gasteiger partial charge in [0.05, 0.1) is 5.69 Å². The maximum Gasteiger partial charge on any atom is 0.146 e. The molecular weight excluding hydrogens is 227 g/mol. The molecule has 100 valence electrons. The van der Waals surface area contributed by atoms with Crippen LogP contribution < -0.4 is 10.6 Å². The molecule has 0 aromatic heterocycles. The zero-order valence-corrected chi connectivity index (χ0v) is 11.3. The highest BCUT2D eigenvalue weighted by Crippen LogP contribution is 2.37. The van der Waals surface area contributed by atoms with E-state index in [1.54, 1.807) is 12.1 Å². The van der Waals surface area contributed by atoms with Crippen LogP contribution in [0.1, 0.15) is 51.1 Å². The van der Waals surface area contributed by atoms with Crippen LogP contribution in [0.4, 0.5) is 10.1 Å². The third-order valence-electron chi connectivity index (χ3n) is 3.54. The molecule has 1 aliphatic carbocycles. The number of halogens is 1. The Morgan fingerprint density at radius 1 is 1.44 bits per heavy atom. The Morgan fingerprint density at radius 3 is 2.72 bits per heavy atom. The van der Waals surface area contributed by atoms with E-state index in [9.17, 15) is 4.39 Å². The molecule has 0 amide bonds. The van der Waals surface area contributed by atoms with Crippen molar-refractivity contribution in [2.75, 3.05) is 11.4 Å². The van der Waals surface area contributed by atoms with Crippen LogP contribution in [0.5, 0.6) is 0 Å². The maximum atomic E-state index is 14.2. The number of para-hydroxylation sites is 1. The number of benzene rings is 1. The smallest absolute Gasteiger partial charge is 0.146 e. The van der Waals surface area contributed by atoms with Crippen LogP contribution in [0.25, 0.3) is 0 Å². The number of nitrogens with zero attached hydrogens (tertiary/aromatic N) is 1. The van der Waals surface area contributed by atoms with Gasteiger partial charge in [0.1, 0.15) is 5.82 Å². The van der Waals surface area contributed by atoms with Crippen LogP contribution in [0.2, 0.25) is 0 Å². The van der Waals surface area contributed by atoms with Gasteiger partial charge in [-0.1, -0.05) is 25.5 Å². The molecule has 1 saturated carbocycles. The van der Waals surface area contributed by atoms with Crippen LogP contribution in [-0.4, -0.2) is 12.6 Å². The predicted molar refractivity (Wildman–Crippen MR) is 74.3 cm³/mol. The number of nitrogens with two attached hydrogens (primary N) is 1. The highest BCUT2D eigenvalue weighted by molar-refractivity contribution is 5.57. The van der Waals surface area contributed by atoms with E-state index in [-0.39, 0.29) is 11.9 Å². The molecule has 0 heterocycles. The Kier molecular flexibility index (Phi) is 4.23. The van der Waals surface area contributed by atoms with Crippen molar-refractivity contribution in [2.24, 2.45) is 5.73 Å². The van der Waals surface area contributed by atoms with Gasteiger partial charge in [-0.05, 0) is 37.8 Å². The van der Waals surface area contributed by atoms with Crippen molar-refractivity contribution in [3.8, 4) is 0 Å². The third kappa shape index (κ3) is 2.83. The van der Waals surface area contributed by atoms with Crippen molar-refractivity contribution in [1.82, 2.24) is 0 Å². The van der Waals surface area contributed by atoms with E-state index >= 15 is 0 Å². The number of anilines is 1. The van der Waals surface area contributed by atoms with Crippen molar-refractivity contribution < 1.29 is 4.39 Å². The Bertz CT molecular complexity index is 399. The van der Waals surface area contributed by atoms with Gasteiger partial charge >= 0.3 is 0 Å². The fourth-order valence-electron chi connectivity index (χ4n) is 2.39. The highest BCUT2D eigenvalue weighted by Gasteiger charge is 2.31. The minimum Gasteiger partial charge on any atom is -0.366 e. The minimum atomic E-state index is -0.132. The number of hydrogen-bond acceptors (Lipinski definition) is 2. The standard InChI is InChI=1S/C15H23FN2/c1-3-4-10-18(12-8-9-12)15-13(11(2)17)6-5-7-14(15)16/h5-7,11-12H,3-4,8-10,17H2,1-2H3/t11-/m0/s1. The molecule has 2 rings (SSSR count). The zero-order valence-electron chi connectivity index (χ0n) is 11.3. The first-order chi connectivity index (χ1) is 8.65. The molecule has 0 saturated heterocycles. The second-order valence-corrected chi connectivity index (χ2v) is 5.24. The Balaban J connectivity index is 2.33. The second kappa shape index (κ2) is 5.70. The highest BCUT2D eigenvalue weighted by atomic mass is 19.1. The summed E-state index contributed by atoms with van der Waals surface area (Å²) in [6, 6.07) is 5.64. The van der Waals surface area contributed by atoms with E-state index in [2.05, 4.69) is 11.8 Å². The van der Waals surface area contributed by atoms with E-state index in [4.69, 9.17) is 5.73 Å². The van der Waals surface area contributed by atoms with E-state index in [1.807, 2.05) is 13.0 Å². The number of rotatable bonds is 6. The lowest BCUT2D eigenvalue weighted by Gasteiger charge is -2.28. The summed E-state index contributed by atoms with van der Waals surface area (Å²) in [6.07, 6.45) is 4.58. The van der Waals surface area contributed by atoms with Crippen LogP contribution in [0, 0.1) is 5.82 Å². The minimum absolute atomic E-state index is 0.126.